The third-order valence-electron chi connectivity index (χ3n) is 5.48. The molecule has 0 aliphatic heterocycles. The zero-order valence-electron chi connectivity index (χ0n) is 17.0. The smallest absolute Gasteiger partial charge is 0.314 e. The Morgan fingerprint density at radius 1 is 0.667 bits per heavy atom. The molecule has 0 bridgehead atoms. The third-order valence-corrected chi connectivity index (χ3v) is 5.48. The fourth-order valence-corrected chi connectivity index (χ4v) is 3.67. The van der Waals surface area contributed by atoms with Crippen molar-refractivity contribution in [2.45, 2.75) is 38.5 Å². The molecule has 0 radical (unpaired) electrons. The van der Waals surface area contributed by atoms with Crippen LogP contribution in [0.15, 0.2) is 48.5 Å². The summed E-state index contributed by atoms with van der Waals surface area (Å²) < 4.78 is 10.9. The number of hydrogen-bond acceptors (Lipinski definition) is 6. The highest BCUT2D eigenvalue weighted by Gasteiger charge is 2.32. The quantitative estimate of drug-likeness (QED) is 0.511. The van der Waals surface area contributed by atoms with Gasteiger partial charge in [0.15, 0.2) is 0 Å². The van der Waals surface area contributed by atoms with Crippen molar-refractivity contribution in [3.63, 3.8) is 0 Å². The highest BCUT2D eigenvalue weighted by atomic mass is 16.5. The van der Waals surface area contributed by atoms with Gasteiger partial charge in [-0.3, -0.25) is 9.59 Å². The van der Waals surface area contributed by atoms with Gasteiger partial charge in [-0.15, -0.1) is 0 Å². The molecule has 160 valence electrons. The van der Waals surface area contributed by atoms with Crippen molar-refractivity contribution >= 4 is 11.9 Å². The van der Waals surface area contributed by atoms with Gasteiger partial charge in [0, 0.05) is 13.2 Å². The van der Waals surface area contributed by atoms with Crippen LogP contribution in [0.1, 0.15) is 36.8 Å². The van der Waals surface area contributed by atoms with Crippen LogP contribution in [-0.2, 0) is 22.4 Å². The highest BCUT2D eigenvalue weighted by molar-refractivity contribution is 5.77. The number of carbonyl (C=O) groups excluding carboxylic acids is 2. The minimum absolute atomic E-state index is 0.0832. The number of ether oxygens (including phenoxy) is 2. The van der Waals surface area contributed by atoms with E-state index in [2.05, 4.69) is 0 Å². The van der Waals surface area contributed by atoms with Crippen molar-refractivity contribution < 1.29 is 29.3 Å². The molecule has 1 fully saturated rings. The Morgan fingerprint density at radius 2 is 1.00 bits per heavy atom. The molecular formula is C24H28O6. The Morgan fingerprint density at radius 3 is 1.30 bits per heavy atom. The largest absolute Gasteiger partial charge is 0.426 e. The molecular weight excluding hydrogens is 384 g/mol. The Bertz CT molecular complexity index is 748. The van der Waals surface area contributed by atoms with Gasteiger partial charge in [-0.25, -0.2) is 0 Å². The topological polar surface area (TPSA) is 93.1 Å². The molecule has 1 aliphatic carbocycles. The summed E-state index contributed by atoms with van der Waals surface area (Å²) in [5.74, 6) is 0.0148. The van der Waals surface area contributed by atoms with Crippen LogP contribution in [0.2, 0.25) is 0 Å². The zero-order chi connectivity index (χ0) is 21.3. The first-order valence-corrected chi connectivity index (χ1v) is 10.4. The van der Waals surface area contributed by atoms with Crippen LogP contribution in [0.4, 0.5) is 0 Å². The maximum absolute atomic E-state index is 12.4. The van der Waals surface area contributed by atoms with Crippen molar-refractivity contribution in [1.82, 2.24) is 0 Å². The molecule has 2 aromatic carbocycles. The van der Waals surface area contributed by atoms with Crippen LogP contribution >= 0.6 is 0 Å². The van der Waals surface area contributed by atoms with Crippen molar-refractivity contribution in [2.75, 3.05) is 13.2 Å². The zero-order valence-corrected chi connectivity index (χ0v) is 17.0. The molecule has 2 N–H and O–H groups in total. The van der Waals surface area contributed by atoms with Crippen molar-refractivity contribution in [2.24, 2.45) is 11.8 Å². The molecule has 0 spiro atoms. The number of aliphatic hydroxyl groups excluding tert-OH is 2. The minimum Gasteiger partial charge on any atom is -0.426 e. The molecule has 1 aliphatic rings. The van der Waals surface area contributed by atoms with E-state index < -0.39 is 0 Å². The molecule has 30 heavy (non-hydrogen) atoms. The fraction of sp³-hybridized carbons (Fsp3) is 0.417. The predicted molar refractivity (Wildman–Crippen MR) is 111 cm³/mol. The molecule has 1 saturated carbocycles. The molecule has 0 atom stereocenters. The van der Waals surface area contributed by atoms with Crippen LogP contribution in [0.3, 0.4) is 0 Å². The van der Waals surface area contributed by atoms with E-state index in [1.165, 1.54) is 0 Å². The standard InChI is InChI=1S/C24H28O6/c25-15-13-17-1-9-21(10-2-17)29-23(27)19-5-7-20(8-6-19)24(28)30-22-11-3-18(4-12-22)14-16-26/h1-4,9-12,19-20,25-26H,5-8,13-16H2. The molecule has 6 heteroatoms. The number of rotatable bonds is 8. The summed E-state index contributed by atoms with van der Waals surface area (Å²) in [6.45, 7) is 0.166. The summed E-state index contributed by atoms with van der Waals surface area (Å²) in [4.78, 5) is 24.9. The van der Waals surface area contributed by atoms with Gasteiger partial charge in [-0.05, 0) is 73.9 Å². The Hall–Kier alpha value is -2.70. The lowest BCUT2D eigenvalue weighted by molar-refractivity contribution is -0.145. The highest BCUT2D eigenvalue weighted by Crippen LogP contribution is 2.31. The van der Waals surface area contributed by atoms with E-state index in [0.717, 1.165) is 11.1 Å². The van der Waals surface area contributed by atoms with Gasteiger partial charge in [-0.1, -0.05) is 24.3 Å². The Labute approximate surface area is 176 Å². The molecule has 3 rings (SSSR count). The fourth-order valence-electron chi connectivity index (χ4n) is 3.67. The van der Waals surface area contributed by atoms with E-state index in [1.807, 2.05) is 24.3 Å². The molecule has 0 amide bonds. The number of esters is 2. The van der Waals surface area contributed by atoms with Gasteiger partial charge in [0.25, 0.3) is 0 Å². The molecule has 0 saturated heterocycles. The second-order valence-electron chi connectivity index (χ2n) is 7.63. The first-order valence-electron chi connectivity index (χ1n) is 10.4. The first kappa shape index (κ1) is 22.0. The van der Waals surface area contributed by atoms with Gasteiger partial charge < -0.3 is 19.7 Å². The number of aliphatic hydroxyl groups is 2. The monoisotopic (exact) mass is 412 g/mol. The minimum atomic E-state index is -0.267. The van der Waals surface area contributed by atoms with E-state index >= 15 is 0 Å². The van der Waals surface area contributed by atoms with E-state index in [4.69, 9.17) is 19.7 Å². The summed E-state index contributed by atoms with van der Waals surface area (Å²) in [5.41, 5.74) is 1.97. The Kier molecular flexibility index (Phi) is 7.99. The van der Waals surface area contributed by atoms with Crippen LogP contribution in [0, 0.1) is 11.8 Å². The van der Waals surface area contributed by atoms with Crippen molar-refractivity contribution in [1.29, 1.82) is 0 Å². The lowest BCUT2D eigenvalue weighted by atomic mass is 9.82. The molecule has 6 nitrogen and oxygen atoms in total. The number of benzene rings is 2. The Balaban J connectivity index is 1.45. The van der Waals surface area contributed by atoms with Crippen molar-refractivity contribution in [3.05, 3.63) is 59.7 Å². The van der Waals surface area contributed by atoms with E-state index in [1.54, 1.807) is 24.3 Å². The summed E-state index contributed by atoms with van der Waals surface area (Å²) in [6.07, 6.45) is 3.52. The summed E-state index contributed by atoms with van der Waals surface area (Å²) in [6, 6.07) is 14.3. The average molecular weight is 412 g/mol. The van der Waals surface area contributed by atoms with Crippen LogP contribution in [-0.4, -0.2) is 35.4 Å². The summed E-state index contributed by atoms with van der Waals surface area (Å²) in [7, 11) is 0. The van der Waals surface area contributed by atoms with Crippen molar-refractivity contribution in [3.8, 4) is 11.5 Å². The number of hydrogen-bond donors (Lipinski definition) is 2. The first-order chi connectivity index (χ1) is 14.6. The maximum Gasteiger partial charge on any atom is 0.314 e. The van der Waals surface area contributed by atoms with Crippen LogP contribution in [0.25, 0.3) is 0 Å². The average Bonchev–Trinajstić information content (AvgIpc) is 2.77. The second kappa shape index (κ2) is 10.9. The molecule has 0 heterocycles. The molecule has 0 unspecified atom stereocenters. The molecule has 2 aromatic rings. The van der Waals surface area contributed by atoms with Gasteiger partial charge in [-0.2, -0.15) is 0 Å². The predicted octanol–water partition coefficient (Wildman–Crippen LogP) is 3.07. The summed E-state index contributed by atoms with van der Waals surface area (Å²) in [5, 5.41) is 17.9. The normalized spacial score (nSPS) is 18.6. The molecule has 0 aromatic heterocycles. The number of carbonyl (C=O) groups is 2. The van der Waals surface area contributed by atoms with Crippen LogP contribution < -0.4 is 9.47 Å². The second-order valence-corrected chi connectivity index (χ2v) is 7.63. The van der Waals surface area contributed by atoms with Crippen LogP contribution in [0.5, 0.6) is 11.5 Å². The SMILES string of the molecule is O=C(Oc1ccc(CCO)cc1)C1CCC(C(=O)Oc2ccc(CCO)cc2)CC1. The maximum atomic E-state index is 12.4. The van der Waals surface area contributed by atoms with Gasteiger partial charge >= 0.3 is 11.9 Å². The lowest BCUT2D eigenvalue weighted by Gasteiger charge is -2.25. The van der Waals surface area contributed by atoms with Gasteiger partial charge in [0.1, 0.15) is 11.5 Å². The van der Waals surface area contributed by atoms with E-state index in [-0.39, 0.29) is 37.0 Å². The van der Waals surface area contributed by atoms with Gasteiger partial charge in [0.2, 0.25) is 0 Å². The summed E-state index contributed by atoms with van der Waals surface area (Å²) >= 11 is 0. The third kappa shape index (κ3) is 6.15. The lowest BCUT2D eigenvalue weighted by Crippen LogP contribution is -2.30. The van der Waals surface area contributed by atoms with E-state index in [0.29, 0.717) is 50.0 Å². The van der Waals surface area contributed by atoms with E-state index in [9.17, 15) is 9.59 Å². The van der Waals surface area contributed by atoms with Gasteiger partial charge in [0.05, 0.1) is 11.8 Å².